The van der Waals surface area contributed by atoms with Crippen LogP contribution in [0.15, 0.2) is 206 Å². The second kappa shape index (κ2) is 27.3. The average molecular weight is 1500 g/mol. The van der Waals surface area contributed by atoms with Crippen molar-refractivity contribution in [2.24, 2.45) is 28.2 Å². The molecule has 112 heavy (non-hydrogen) atoms. The van der Waals surface area contributed by atoms with Crippen LogP contribution in [0.4, 0.5) is 0 Å². The Kier molecular flexibility index (Phi) is 15.0. The van der Waals surface area contributed by atoms with Gasteiger partial charge < -0.3 is 0 Å². The van der Waals surface area contributed by atoms with E-state index in [4.69, 9.17) is 20.6 Å². The van der Waals surface area contributed by atoms with Gasteiger partial charge >= 0.3 is 0 Å². The summed E-state index contributed by atoms with van der Waals surface area (Å²) >= 11 is 0. The Balaban J connectivity index is 0.000000138. The lowest BCUT2D eigenvalue weighted by molar-refractivity contribution is -0.735. The van der Waals surface area contributed by atoms with Gasteiger partial charge in [-0.05, 0) is 168 Å². The molecule has 13 aromatic rings. The van der Waals surface area contributed by atoms with E-state index < -0.39 is 77.6 Å². The zero-order chi connectivity index (χ0) is 93.6. The highest BCUT2D eigenvalue weighted by Crippen LogP contribution is 2.57. The summed E-state index contributed by atoms with van der Waals surface area (Å²) in [5, 5.41) is 0. The van der Waals surface area contributed by atoms with Crippen LogP contribution in [0.2, 0.25) is 0 Å². The average Bonchev–Trinajstić information content (AvgIpc) is 1.57. The summed E-state index contributed by atoms with van der Waals surface area (Å²) in [6, 6.07) is 69.7. The van der Waals surface area contributed by atoms with Crippen LogP contribution in [0.5, 0.6) is 0 Å². The molecule has 0 N–H and O–H groups in total. The predicted octanol–water partition coefficient (Wildman–Crippen LogP) is 22.9. The topological polar surface area (TPSA) is 35.2 Å². The summed E-state index contributed by atoms with van der Waals surface area (Å²) in [5.74, 6) is 0. The molecule has 0 spiro atoms. The van der Waals surface area contributed by atoms with E-state index in [-0.39, 0.29) is 5.56 Å². The lowest BCUT2D eigenvalue weighted by atomic mass is 9.59. The van der Waals surface area contributed by atoms with E-state index in [9.17, 15) is 0 Å². The normalized spacial score (nSPS) is 22.5. The smallest absolute Gasteiger partial charge is 0.124 e. The van der Waals surface area contributed by atoms with Crippen molar-refractivity contribution >= 4 is 0 Å². The maximum Gasteiger partial charge on any atom is 0.246 e. The molecule has 0 amide bonds. The van der Waals surface area contributed by atoms with Crippen LogP contribution in [0, 0.1) is 69.2 Å². The zero-order valence-electron chi connectivity index (χ0n) is 85.7. The molecule has 0 saturated carbocycles. The SMILES string of the molecule is [2H]C([2H])([2H])C1(C)c2c(-c3ccccc3)c(-c3cc(C)cc(C)c3)[n+](C)n2-c2c(C)cccc2C1(C)C.[2H]C([2H])([2H])C1(C)c2cc(-c3cc(C)cc(C)c3)[n+](C)n2-c2c(C)cccc2C1(C)C.[2H]C([2H])([2H])C1(C)c2cc(-c3ccccc3)[n+](C)n2-c2c(C)cccc2C1(C)C.[2H]C([2H])([2H])c1cc(C)cc(-c2cc3n([n+]2C)-c2c(C)cccc2C(C)(C)C3(C)C([2H])([2H])[2H])c1. The fourth-order valence-electron chi connectivity index (χ4n) is 18.8. The van der Waals surface area contributed by atoms with Crippen LogP contribution < -0.4 is 18.7 Å². The summed E-state index contributed by atoms with van der Waals surface area (Å²) in [4.78, 5) is 0. The van der Waals surface area contributed by atoms with Crippen LogP contribution in [-0.2, 0) is 71.5 Å². The number of benzene rings is 9. The van der Waals surface area contributed by atoms with Crippen molar-refractivity contribution in [3.63, 3.8) is 0 Å². The molecule has 8 heterocycles. The fourth-order valence-corrected chi connectivity index (χ4v) is 18.8. The highest BCUT2D eigenvalue weighted by molar-refractivity contribution is 5.84. The number of rotatable bonds is 5. The Bertz CT molecular complexity index is 6510. The van der Waals surface area contributed by atoms with Crippen LogP contribution >= 0.6 is 0 Å². The Labute approximate surface area is 691 Å². The van der Waals surface area contributed by atoms with Crippen molar-refractivity contribution in [3.8, 4) is 78.9 Å². The molecule has 8 heteroatoms. The second-order valence-electron chi connectivity index (χ2n) is 35.6. The number of aromatic nitrogens is 8. The lowest BCUT2D eigenvalue weighted by Gasteiger charge is -2.46. The number of hydrogen-bond acceptors (Lipinski definition) is 0. The van der Waals surface area contributed by atoms with E-state index in [2.05, 4.69) is 234 Å². The molecule has 4 atom stereocenters. The van der Waals surface area contributed by atoms with Crippen LogP contribution in [0.1, 0.15) is 232 Å². The minimum atomic E-state index is -2.27. The van der Waals surface area contributed by atoms with E-state index in [1.165, 1.54) is 22.3 Å². The standard InChI is InChI=1S/C31H35N2.2C25H31N2.C23H27N2/c1-20-17-21(2)19-24(18-20)28-26(23-14-10-9-11-15-23)29-31(6,7)30(4,5)25-16-12-13-22(3)27(25)33(29)32(28)8;2*1-16-12-17(2)14-19(13-16)21-15-22-25(6,7)24(4,5)20-11-9-10-18(3)23(20)27(22)26(21)8;1-16-11-10-14-18-21(16)25-20(23(4,5)22(18,2)3)15-19(24(25)6)17-12-8-7-9-13-17/h9-19H,1-8H3;2*9-15H,1-8H3;7-15H,1-6H3/q4*+1/i6D3;1D3,6D3;6D3;4D3. The van der Waals surface area contributed by atoms with E-state index in [1.54, 1.807) is 12.1 Å². The molecule has 4 aliphatic rings. The van der Waals surface area contributed by atoms with Crippen molar-refractivity contribution in [2.45, 2.75) is 223 Å². The van der Waals surface area contributed by atoms with Gasteiger partial charge in [-0.3, -0.25) is 0 Å². The molecular weight excluding hydrogens is 1360 g/mol. The number of aryl methyl sites for hydroxylation is 10. The Hall–Kier alpha value is -10.2. The lowest BCUT2D eigenvalue weighted by Crippen LogP contribution is -2.51. The summed E-state index contributed by atoms with van der Waals surface area (Å²) in [6.45, 7) is 31.7. The summed E-state index contributed by atoms with van der Waals surface area (Å²) < 4.78 is 144. The van der Waals surface area contributed by atoms with Gasteiger partial charge in [0.25, 0.3) is 0 Å². The molecule has 17 rings (SSSR count). The van der Waals surface area contributed by atoms with Crippen molar-refractivity contribution < 1.29 is 39.3 Å². The van der Waals surface area contributed by atoms with Crippen molar-refractivity contribution in [2.75, 3.05) is 0 Å². The first-order valence-electron chi connectivity index (χ1n) is 47.0. The van der Waals surface area contributed by atoms with Gasteiger partial charge in [0.2, 0.25) is 22.8 Å². The molecule has 4 unspecified atom stereocenters. The molecule has 4 aromatic heterocycles. The highest BCUT2D eigenvalue weighted by atomic mass is 15.4. The number of fused-ring (bicyclic) bond motifs is 12. The van der Waals surface area contributed by atoms with Gasteiger partial charge in [0, 0.05) is 104 Å². The third-order valence-electron chi connectivity index (χ3n) is 26.8. The van der Waals surface area contributed by atoms with Crippen molar-refractivity contribution in [1.29, 1.82) is 0 Å². The largest absolute Gasteiger partial charge is 0.246 e. The molecule has 8 nitrogen and oxygen atoms in total. The first-order chi connectivity index (χ1) is 58.6. The molecule has 4 aliphatic heterocycles. The molecule has 0 bridgehead atoms. The Morgan fingerprint density at radius 1 is 0.259 bits per heavy atom. The van der Waals surface area contributed by atoms with Gasteiger partial charge in [-0.15, -0.1) is 37.5 Å². The first kappa shape index (κ1) is 61.4. The maximum absolute atomic E-state index is 8.93. The fraction of sp³-hybridized carbons (Fsp3) is 0.365. The molecule has 0 saturated heterocycles. The minimum absolute atomic E-state index is 0.275. The molecule has 0 fully saturated rings. The third-order valence-corrected chi connectivity index (χ3v) is 26.8. The molecular formula is C104H124N8+4. The Morgan fingerprint density at radius 2 is 0.545 bits per heavy atom. The predicted molar refractivity (Wildman–Crippen MR) is 467 cm³/mol. The van der Waals surface area contributed by atoms with E-state index >= 15 is 0 Å². The van der Waals surface area contributed by atoms with Crippen LogP contribution in [0.25, 0.3) is 78.9 Å². The highest BCUT2D eigenvalue weighted by Gasteiger charge is 2.56. The van der Waals surface area contributed by atoms with Crippen LogP contribution in [0.3, 0.4) is 0 Å². The van der Waals surface area contributed by atoms with Gasteiger partial charge in [-0.2, -0.15) is 0 Å². The van der Waals surface area contributed by atoms with Gasteiger partial charge in [0.1, 0.15) is 28.4 Å². The first-order valence-corrected chi connectivity index (χ1v) is 39.5. The summed E-state index contributed by atoms with van der Waals surface area (Å²) in [7, 11) is 8.02. The molecule has 0 radical (unpaired) electrons. The molecule has 0 aliphatic carbocycles. The van der Waals surface area contributed by atoms with E-state index in [0.717, 1.165) is 146 Å². The second-order valence-corrected chi connectivity index (χ2v) is 35.6. The summed E-state index contributed by atoms with van der Waals surface area (Å²) in [6.07, 6.45) is 0. The Morgan fingerprint density at radius 3 is 0.875 bits per heavy atom. The zero-order valence-corrected chi connectivity index (χ0v) is 70.7. The third kappa shape index (κ3) is 11.9. The van der Waals surface area contributed by atoms with Gasteiger partial charge in [0.05, 0.1) is 22.6 Å². The van der Waals surface area contributed by atoms with Crippen molar-refractivity contribution in [3.05, 3.63) is 307 Å². The van der Waals surface area contributed by atoms with E-state index in [1.807, 2.05) is 171 Å². The molecule has 576 valence electrons. The number of nitrogens with zero attached hydrogens (tertiary/aromatic N) is 8. The quantitative estimate of drug-likeness (QED) is 0.154. The van der Waals surface area contributed by atoms with Gasteiger partial charge in [0.15, 0.2) is 28.2 Å². The van der Waals surface area contributed by atoms with E-state index in [0.29, 0.717) is 5.69 Å². The monoisotopic (exact) mass is 1500 g/mol. The maximum atomic E-state index is 8.93. The van der Waals surface area contributed by atoms with Gasteiger partial charge in [-0.1, -0.05) is 283 Å². The summed E-state index contributed by atoms with van der Waals surface area (Å²) in [5.41, 5.74) is 25.1. The van der Waals surface area contributed by atoms with Gasteiger partial charge in [-0.25, -0.2) is 0 Å². The van der Waals surface area contributed by atoms with Crippen LogP contribution in [-0.4, -0.2) is 18.7 Å². The van der Waals surface area contributed by atoms with Crippen molar-refractivity contribution in [1.82, 2.24) is 18.7 Å². The number of para-hydroxylation sites is 4. The molecule has 9 aromatic carbocycles. The minimum Gasteiger partial charge on any atom is -0.124 e. The number of hydrogen-bond donors (Lipinski definition) is 0.